The highest BCUT2D eigenvalue weighted by Crippen LogP contribution is 2.39. The molecule has 2 atom stereocenters. The first-order chi connectivity index (χ1) is 12.7. The zero-order valence-electron chi connectivity index (χ0n) is 14.6. The van der Waals surface area contributed by atoms with Crippen LogP contribution in [0.15, 0.2) is 29.1 Å². The van der Waals surface area contributed by atoms with Gasteiger partial charge in [0.15, 0.2) is 0 Å². The molecule has 5 rings (SSSR count). The van der Waals surface area contributed by atoms with Gasteiger partial charge in [-0.2, -0.15) is 5.10 Å². The van der Waals surface area contributed by atoms with Crippen molar-refractivity contribution in [3.63, 3.8) is 0 Å². The second-order valence-corrected chi connectivity index (χ2v) is 7.67. The molecule has 0 radical (unpaired) electrons. The van der Waals surface area contributed by atoms with Crippen molar-refractivity contribution in [2.24, 2.45) is 0 Å². The fraction of sp³-hybridized carbons (Fsp3) is 0.474. The van der Waals surface area contributed by atoms with Gasteiger partial charge in [-0.25, -0.2) is 0 Å². The summed E-state index contributed by atoms with van der Waals surface area (Å²) in [6, 6.07) is 8.89. The van der Waals surface area contributed by atoms with E-state index >= 15 is 0 Å². The molecule has 26 heavy (non-hydrogen) atoms. The molecule has 0 spiro atoms. The van der Waals surface area contributed by atoms with Crippen LogP contribution in [0.5, 0.6) is 0 Å². The highest BCUT2D eigenvalue weighted by Gasteiger charge is 2.27. The monoisotopic (exact) mass is 352 g/mol. The number of nitrogens with zero attached hydrogens (tertiary/aromatic N) is 1. The Balaban J connectivity index is 1.23. The summed E-state index contributed by atoms with van der Waals surface area (Å²) >= 11 is 0. The van der Waals surface area contributed by atoms with Crippen LogP contribution in [-0.4, -0.2) is 32.5 Å². The van der Waals surface area contributed by atoms with Gasteiger partial charge < -0.3 is 10.6 Å². The lowest BCUT2D eigenvalue weighted by molar-refractivity contribution is 0.427. The van der Waals surface area contributed by atoms with Crippen LogP contribution in [-0.2, 0) is 0 Å². The number of aromatic nitrogens is 4. The molecule has 2 heterocycles. The van der Waals surface area contributed by atoms with E-state index in [1.54, 1.807) is 0 Å². The maximum Gasteiger partial charge on any atom is 0.271 e. The highest BCUT2D eigenvalue weighted by atomic mass is 16.1. The van der Waals surface area contributed by atoms with E-state index in [2.05, 4.69) is 37.1 Å². The van der Waals surface area contributed by atoms with Gasteiger partial charge in [-0.15, -0.1) is 0 Å². The third-order valence-corrected chi connectivity index (χ3v) is 5.59. The second kappa shape index (κ2) is 6.23. The van der Waals surface area contributed by atoms with E-state index in [0.29, 0.717) is 23.4 Å². The van der Waals surface area contributed by atoms with Crippen LogP contribution >= 0.6 is 0 Å². The van der Waals surface area contributed by atoms with E-state index in [-0.39, 0.29) is 5.56 Å². The second-order valence-electron chi connectivity index (χ2n) is 7.67. The van der Waals surface area contributed by atoms with Gasteiger partial charge in [-0.3, -0.25) is 20.1 Å². The van der Waals surface area contributed by atoms with Crippen molar-refractivity contribution < 1.29 is 0 Å². The molecule has 3 aromatic rings. The molecule has 2 aromatic heterocycles. The Hall–Kier alpha value is -2.70. The number of nitrogens with one attached hydrogen (secondary N) is 5. The standard InChI is InChI=1S/C19H24N6O/c26-19-15-7-6-14(9-17(15)23-25-19)20-12-2-1-3-13(8-12)21-18-10-16(22-24-18)11-4-5-11/h6-7,9-13,20H,1-5,8H2,(H2,21,22,24)(H2,23,25,26). The van der Waals surface area contributed by atoms with Gasteiger partial charge in [-0.05, 0) is 56.7 Å². The molecule has 2 aliphatic rings. The molecule has 1 aromatic carbocycles. The van der Waals surface area contributed by atoms with Crippen molar-refractivity contribution in [3.05, 3.63) is 40.3 Å². The Bertz CT molecular complexity index is 966. The Morgan fingerprint density at radius 1 is 1.00 bits per heavy atom. The molecule has 0 bridgehead atoms. The summed E-state index contributed by atoms with van der Waals surface area (Å²) in [6.45, 7) is 0. The predicted molar refractivity (Wildman–Crippen MR) is 103 cm³/mol. The summed E-state index contributed by atoms with van der Waals surface area (Å²) < 4.78 is 0. The van der Waals surface area contributed by atoms with Gasteiger partial charge in [0, 0.05) is 35.4 Å². The lowest BCUT2D eigenvalue weighted by Gasteiger charge is -2.31. The largest absolute Gasteiger partial charge is 0.382 e. The summed E-state index contributed by atoms with van der Waals surface area (Å²) in [6.07, 6.45) is 7.16. The number of rotatable bonds is 5. The number of aromatic amines is 3. The summed E-state index contributed by atoms with van der Waals surface area (Å²) in [5, 5.41) is 21.1. The molecular formula is C19H24N6O. The normalized spacial score (nSPS) is 23.2. The number of hydrogen-bond donors (Lipinski definition) is 5. The fourth-order valence-corrected chi connectivity index (χ4v) is 4.04. The van der Waals surface area contributed by atoms with Gasteiger partial charge in [0.25, 0.3) is 5.56 Å². The summed E-state index contributed by atoms with van der Waals surface area (Å²) in [7, 11) is 0. The first-order valence-corrected chi connectivity index (χ1v) is 9.53. The van der Waals surface area contributed by atoms with E-state index in [1.165, 1.54) is 31.4 Å². The first-order valence-electron chi connectivity index (χ1n) is 9.53. The van der Waals surface area contributed by atoms with Crippen molar-refractivity contribution in [1.29, 1.82) is 0 Å². The maximum atomic E-state index is 11.6. The van der Waals surface area contributed by atoms with E-state index in [0.717, 1.165) is 29.9 Å². The number of hydrogen-bond acceptors (Lipinski definition) is 4. The van der Waals surface area contributed by atoms with Crippen LogP contribution in [0.4, 0.5) is 11.5 Å². The van der Waals surface area contributed by atoms with Crippen LogP contribution in [0.1, 0.15) is 50.1 Å². The van der Waals surface area contributed by atoms with Crippen LogP contribution in [0.25, 0.3) is 10.9 Å². The third kappa shape index (κ3) is 3.09. The van der Waals surface area contributed by atoms with E-state index in [4.69, 9.17) is 0 Å². The maximum absolute atomic E-state index is 11.6. The summed E-state index contributed by atoms with van der Waals surface area (Å²) in [5.41, 5.74) is 3.09. The molecule has 2 saturated carbocycles. The van der Waals surface area contributed by atoms with Crippen molar-refractivity contribution in [2.75, 3.05) is 10.6 Å². The molecule has 2 aliphatic carbocycles. The van der Waals surface area contributed by atoms with Crippen molar-refractivity contribution in [1.82, 2.24) is 20.4 Å². The molecular weight excluding hydrogens is 328 g/mol. The van der Waals surface area contributed by atoms with Gasteiger partial charge in [0.1, 0.15) is 5.82 Å². The lowest BCUT2D eigenvalue weighted by atomic mass is 9.90. The predicted octanol–water partition coefficient (Wildman–Crippen LogP) is 3.29. The van der Waals surface area contributed by atoms with E-state index in [9.17, 15) is 4.79 Å². The average Bonchev–Trinajstić information content (AvgIpc) is 3.29. The van der Waals surface area contributed by atoms with E-state index in [1.807, 2.05) is 18.2 Å². The van der Waals surface area contributed by atoms with Crippen molar-refractivity contribution >= 4 is 22.4 Å². The van der Waals surface area contributed by atoms with Crippen molar-refractivity contribution in [2.45, 2.75) is 56.5 Å². The highest BCUT2D eigenvalue weighted by molar-refractivity contribution is 5.81. The molecule has 5 N–H and O–H groups in total. The molecule has 0 amide bonds. The van der Waals surface area contributed by atoms with Crippen LogP contribution < -0.4 is 16.2 Å². The van der Waals surface area contributed by atoms with Gasteiger partial charge >= 0.3 is 0 Å². The minimum atomic E-state index is -0.0713. The number of benzene rings is 1. The Kier molecular flexibility index (Phi) is 3.72. The molecule has 7 nitrogen and oxygen atoms in total. The minimum absolute atomic E-state index is 0.0713. The van der Waals surface area contributed by atoms with Crippen LogP contribution in [0.2, 0.25) is 0 Å². The number of fused-ring (bicyclic) bond motifs is 1. The number of anilines is 2. The molecule has 0 saturated heterocycles. The SMILES string of the molecule is O=c1[nH][nH]c2cc(NC3CCCC(Nc4cc(C5CC5)[nH]n4)C3)ccc12. The summed E-state index contributed by atoms with van der Waals surface area (Å²) in [4.78, 5) is 11.6. The Morgan fingerprint density at radius 3 is 2.69 bits per heavy atom. The zero-order valence-corrected chi connectivity index (χ0v) is 14.6. The van der Waals surface area contributed by atoms with Gasteiger partial charge in [0.05, 0.1) is 10.9 Å². The first kappa shape index (κ1) is 15.5. The fourth-order valence-electron chi connectivity index (χ4n) is 4.04. The van der Waals surface area contributed by atoms with E-state index < -0.39 is 0 Å². The molecule has 136 valence electrons. The minimum Gasteiger partial charge on any atom is -0.382 e. The average molecular weight is 352 g/mol. The topological polar surface area (TPSA) is 101 Å². The number of H-pyrrole nitrogens is 3. The molecule has 2 unspecified atom stereocenters. The van der Waals surface area contributed by atoms with Crippen molar-refractivity contribution in [3.8, 4) is 0 Å². The Morgan fingerprint density at radius 2 is 1.85 bits per heavy atom. The zero-order chi connectivity index (χ0) is 17.5. The quantitative estimate of drug-likeness (QED) is 0.486. The molecule has 2 fully saturated rings. The lowest BCUT2D eigenvalue weighted by Crippen LogP contribution is -2.34. The van der Waals surface area contributed by atoms with Crippen LogP contribution in [0.3, 0.4) is 0 Å². The Labute approximate surface area is 150 Å². The van der Waals surface area contributed by atoms with Crippen LogP contribution in [0, 0.1) is 0 Å². The molecule has 7 heteroatoms. The van der Waals surface area contributed by atoms with Gasteiger partial charge in [-0.1, -0.05) is 0 Å². The van der Waals surface area contributed by atoms with Gasteiger partial charge in [0.2, 0.25) is 0 Å². The summed E-state index contributed by atoms with van der Waals surface area (Å²) in [5.74, 6) is 1.68. The molecule has 0 aliphatic heterocycles. The smallest absolute Gasteiger partial charge is 0.271 e. The third-order valence-electron chi connectivity index (χ3n) is 5.59.